The Labute approximate surface area is 250 Å². The number of anilines is 1. The Morgan fingerprint density at radius 3 is 2.35 bits per heavy atom. The summed E-state index contributed by atoms with van der Waals surface area (Å²) in [6.45, 7) is 6.02. The molecule has 0 bridgehead atoms. The van der Waals surface area contributed by atoms with Crippen molar-refractivity contribution in [3.8, 4) is 0 Å². The van der Waals surface area contributed by atoms with Crippen molar-refractivity contribution in [3.05, 3.63) is 99.0 Å². The van der Waals surface area contributed by atoms with E-state index in [4.69, 9.17) is 28.9 Å². The number of nitrogens with two attached hydrogens (primary N) is 1. The second-order valence-corrected chi connectivity index (χ2v) is 12.7. The highest BCUT2D eigenvalue weighted by atomic mass is 79.9. The van der Waals surface area contributed by atoms with Gasteiger partial charge in [0.1, 0.15) is 11.6 Å². The van der Waals surface area contributed by atoms with Gasteiger partial charge >= 0.3 is 0 Å². The summed E-state index contributed by atoms with van der Waals surface area (Å²) in [7, 11) is 0. The van der Waals surface area contributed by atoms with Crippen LogP contribution in [-0.4, -0.2) is 29.1 Å². The average Bonchev–Trinajstić information content (AvgIpc) is 3.16. The fourth-order valence-corrected chi connectivity index (χ4v) is 6.11. The first-order valence-electron chi connectivity index (χ1n) is 12.7. The molecular weight excluding hydrogens is 623 g/mol. The lowest BCUT2D eigenvalue weighted by Gasteiger charge is -2.40. The molecule has 0 aromatic heterocycles. The summed E-state index contributed by atoms with van der Waals surface area (Å²) in [5.74, 6) is -3.04. The lowest BCUT2D eigenvalue weighted by atomic mass is 9.68. The van der Waals surface area contributed by atoms with Crippen LogP contribution in [0.3, 0.4) is 0 Å². The van der Waals surface area contributed by atoms with Crippen molar-refractivity contribution in [1.29, 1.82) is 0 Å². The van der Waals surface area contributed by atoms with Crippen molar-refractivity contribution >= 4 is 56.5 Å². The van der Waals surface area contributed by atoms with Crippen LogP contribution >= 0.6 is 39.1 Å². The largest absolute Gasteiger partial charge is 0.325 e. The first kappa shape index (κ1) is 30.6. The number of amides is 1. The van der Waals surface area contributed by atoms with E-state index in [2.05, 4.69) is 26.6 Å². The van der Waals surface area contributed by atoms with Crippen LogP contribution in [0.25, 0.3) is 0 Å². The molecule has 1 heterocycles. The molecule has 3 aromatic carbocycles. The molecule has 1 saturated heterocycles. The maximum Gasteiger partial charge on any atom is 0.242 e. The third kappa shape index (κ3) is 6.11. The van der Waals surface area contributed by atoms with Crippen LogP contribution in [0.1, 0.15) is 54.6 Å². The van der Waals surface area contributed by atoms with Gasteiger partial charge in [-0.2, -0.15) is 0 Å². The zero-order valence-electron chi connectivity index (χ0n) is 22.2. The molecule has 0 aliphatic carbocycles. The lowest BCUT2D eigenvalue weighted by molar-refractivity contribution is -0.118. The predicted molar refractivity (Wildman–Crippen MR) is 159 cm³/mol. The summed E-state index contributed by atoms with van der Waals surface area (Å²) in [5.41, 5.74) is 6.45. The molecular formula is C30H30BrCl2F2N3O2. The van der Waals surface area contributed by atoms with Gasteiger partial charge in [0.2, 0.25) is 5.91 Å². The third-order valence-corrected chi connectivity index (χ3v) is 8.25. The summed E-state index contributed by atoms with van der Waals surface area (Å²) >= 11 is 15.4. The van der Waals surface area contributed by atoms with Gasteiger partial charge in [-0.05, 0) is 59.9 Å². The van der Waals surface area contributed by atoms with Gasteiger partial charge in [-0.15, -0.1) is 0 Å². The van der Waals surface area contributed by atoms with Gasteiger partial charge in [0, 0.05) is 33.8 Å². The van der Waals surface area contributed by atoms with Crippen LogP contribution in [-0.2, 0) is 10.3 Å². The monoisotopic (exact) mass is 651 g/mol. The quantitative estimate of drug-likeness (QED) is 0.186. The molecule has 5 nitrogen and oxygen atoms in total. The second kappa shape index (κ2) is 11.9. The van der Waals surface area contributed by atoms with Gasteiger partial charge in [0.15, 0.2) is 5.78 Å². The molecule has 0 unspecified atom stereocenters. The van der Waals surface area contributed by atoms with Crippen LogP contribution in [0.4, 0.5) is 14.5 Å². The van der Waals surface area contributed by atoms with Crippen LogP contribution in [0.5, 0.6) is 0 Å². The standard InChI is InChI=1S/C30H30BrCl2F2N3O2/c1-29(2,3)14-24-30(36,20-12-9-17(32)13-22(20)34)25(19-5-4-6-21(33)26(19)35)27(38-24)28(40)37-18-10-7-16(8-11-18)23(39)15-31/h4-13,24-25,27,38H,14-15,36H2,1-3H3,(H,37,40)/t24-,25-,27+,30+/m0/s1. The molecule has 0 saturated carbocycles. The van der Waals surface area contributed by atoms with Crippen molar-refractivity contribution in [1.82, 2.24) is 5.32 Å². The van der Waals surface area contributed by atoms with Gasteiger partial charge in [-0.25, -0.2) is 8.78 Å². The number of nitrogens with one attached hydrogen (secondary N) is 2. The SMILES string of the molecule is CC(C)(C)C[C@@H]1N[C@@H](C(=O)Nc2ccc(C(=O)CBr)cc2)[C@H](c2cccc(Cl)c2F)[C@@]1(N)c1ccc(Cl)cc1F. The average molecular weight is 653 g/mol. The number of Topliss-reactive ketones (excluding diaryl/α,β-unsaturated/α-hetero) is 1. The predicted octanol–water partition coefficient (Wildman–Crippen LogP) is 7.20. The van der Waals surface area contributed by atoms with Crippen molar-refractivity contribution in [2.75, 3.05) is 10.6 Å². The zero-order chi connectivity index (χ0) is 29.4. The van der Waals surface area contributed by atoms with Crippen LogP contribution in [0.2, 0.25) is 10.0 Å². The highest BCUT2D eigenvalue weighted by molar-refractivity contribution is 9.09. The molecule has 4 atom stereocenters. The minimum Gasteiger partial charge on any atom is -0.325 e. The van der Waals surface area contributed by atoms with Crippen molar-refractivity contribution in [3.63, 3.8) is 0 Å². The fourth-order valence-electron chi connectivity index (χ4n) is 5.44. The summed E-state index contributed by atoms with van der Waals surface area (Å²) in [5, 5.41) is 6.39. The number of ketones is 1. The molecule has 1 amide bonds. The Bertz CT molecular complexity index is 1430. The van der Waals surface area contributed by atoms with Gasteiger partial charge < -0.3 is 16.4 Å². The molecule has 1 aliphatic rings. The zero-order valence-corrected chi connectivity index (χ0v) is 25.3. The normalized spacial score (nSPS) is 22.8. The van der Waals surface area contributed by atoms with Crippen molar-refractivity contribution in [2.45, 2.75) is 50.7 Å². The highest BCUT2D eigenvalue weighted by Crippen LogP contribution is 2.50. The Kier molecular flexibility index (Phi) is 9.07. The van der Waals surface area contributed by atoms with E-state index < -0.39 is 41.1 Å². The number of alkyl halides is 1. The summed E-state index contributed by atoms with van der Waals surface area (Å²) in [4.78, 5) is 25.8. The topological polar surface area (TPSA) is 84.2 Å². The van der Waals surface area contributed by atoms with Crippen LogP contribution < -0.4 is 16.4 Å². The van der Waals surface area contributed by atoms with Crippen LogP contribution in [0, 0.1) is 17.0 Å². The van der Waals surface area contributed by atoms with E-state index >= 15 is 8.78 Å². The second-order valence-electron chi connectivity index (χ2n) is 11.3. The summed E-state index contributed by atoms with van der Waals surface area (Å²) < 4.78 is 31.2. The van der Waals surface area contributed by atoms with E-state index in [0.717, 1.165) is 6.07 Å². The first-order valence-corrected chi connectivity index (χ1v) is 14.6. The number of carbonyl (C=O) groups is 2. The number of rotatable bonds is 7. The number of carbonyl (C=O) groups excluding carboxylic acids is 2. The molecule has 0 radical (unpaired) electrons. The molecule has 3 aromatic rings. The van der Waals surface area contributed by atoms with Gasteiger partial charge in [-0.1, -0.05) is 78.1 Å². The van der Waals surface area contributed by atoms with Crippen molar-refractivity contribution in [2.24, 2.45) is 11.1 Å². The maximum atomic E-state index is 15.7. The molecule has 0 spiro atoms. The van der Waals surface area contributed by atoms with E-state index in [0.29, 0.717) is 17.7 Å². The molecule has 4 N–H and O–H groups in total. The van der Waals surface area contributed by atoms with E-state index in [9.17, 15) is 9.59 Å². The third-order valence-electron chi connectivity index (χ3n) is 7.21. The fraction of sp³-hybridized carbons (Fsp3) is 0.333. The van der Waals surface area contributed by atoms with Crippen LogP contribution in [0.15, 0.2) is 60.7 Å². The first-order chi connectivity index (χ1) is 18.8. The molecule has 1 aliphatic heterocycles. The molecule has 4 rings (SSSR count). The molecule has 10 heteroatoms. The molecule has 1 fully saturated rings. The number of benzene rings is 3. The summed E-state index contributed by atoms with van der Waals surface area (Å²) in [6, 6.07) is 13.4. The maximum absolute atomic E-state index is 15.7. The number of hydrogen-bond acceptors (Lipinski definition) is 4. The smallest absolute Gasteiger partial charge is 0.242 e. The summed E-state index contributed by atoms with van der Waals surface area (Å²) in [6.07, 6.45) is 0.442. The van der Waals surface area contributed by atoms with E-state index in [-0.39, 0.29) is 37.7 Å². The van der Waals surface area contributed by atoms with Gasteiger partial charge in [-0.3, -0.25) is 9.59 Å². The lowest BCUT2D eigenvalue weighted by Crippen LogP contribution is -2.52. The Hall–Kier alpha value is -2.36. The Morgan fingerprint density at radius 1 is 1.07 bits per heavy atom. The molecule has 40 heavy (non-hydrogen) atoms. The minimum atomic E-state index is -1.57. The van der Waals surface area contributed by atoms with E-state index in [1.165, 1.54) is 24.3 Å². The van der Waals surface area contributed by atoms with Crippen molar-refractivity contribution < 1.29 is 18.4 Å². The van der Waals surface area contributed by atoms with E-state index in [1.54, 1.807) is 30.3 Å². The molecule has 212 valence electrons. The Balaban J connectivity index is 1.85. The van der Waals surface area contributed by atoms with Gasteiger partial charge in [0.05, 0.1) is 21.9 Å². The number of hydrogen-bond donors (Lipinski definition) is 3. The highest BCUT2D eigenvalue weighted by Gasteiger charge is 2.58. The minimum absolute atomic E-state index is 0.0895. The Morgan fingerprint density at radius 2 is 1.75 bits per heavy atom. The van der Waals surface area contributed by atoms with Gasteiger partial charge in [0.25, 0.3) is 0 Å². The number of halogens is 5. The van der Waals surface area contributed by atoms with E-state index in [1.807, 2.05) is 20.8 Å².